The summed E-state index contributed by atoms with van der Waals surface area (Å²) < 4.78 is 10.6. The summed E-state index contributed by atoms with van der Waals surface area (Å²) in [6.07, 6.45) is 1.63. The van der Waals surface area contributed by atoms with E-state index in [0.717, 1.165) is 5.75 Å². The minimum Gasteiger partial charge on any atom is -0.455 e. The lowest BCUT2D eigenvalue weighted by Gasteiger charge is -2.20. The highest BCUT2D eigenvalue weighted by Gasteiger charge is 2.17. The molecule has 0 N–H and O–H groups in total. The fraction of sp³-hybridized carbons (Fsp3) is 0.111. The molecule has 1 amide bonds. The van der Waals surface area contributed by atoms with Crippen LogP contribution in [0, 0.1) is 0 Å². The second kappa shape index (κ2) is 6.79. The Morgan fingerprint density at radius 1 is 1.09 bits per heavy atom. The maximum atomic E-state index is 12.4. The zero-order valence-corrected chi connectivity index (χ0v) is 12.7. The van der Waals surface area contributed by atoms with Crippen molar-refractivity contribution in [1.82, 2.24) is 5.16 Å². The number of ether oxygens (including phenoxy) is 1. The van der Waals surface area contributed by atoms with Crippen LogP contribution in [0.25, 0.3) is 0 Å². The van der Waals surface area contributed by atoms with Gasteiger partial charge in [-0.2, -0.15) is 0 Å². The van der Waals surface area contributed by atoms with Crippen molar-refractivity contribution in [3.8, 4) is 11.5 Å². The van der Waals surface area contributed by atoms with Gasteiger partial charge in [0.2, 0.25) is 5.91 Å². The first-order valence-electron chi connectivity index (χ1n) is 7.22. The SMILES string of the molecule is CN(C(=O)Cc1ccon1)c1ccccc1Oc1ccccc1. The average molecular weight is 308 g/mol. The minimum absolute atomic E-state index is 0.0944. The highest BCUT2D eigenvalue weighted by molar-refractivity contribution is 5.95. The fourth-order valence-corrected chi connectivity index (χ4v) is 2.17. The second-order valence-corrected chi connectivity index (χ2v) is 5.00. The lowest BCUT2D eigenvalue weighted by Crippen LogP contribution is -2.28. The number of anilines is 1. The number of amides is 1. The fourth-order valence-electron chi connectivity index (χ4n) is 2.17. The maximum absolute atomic E-state index is 12.4. The van der Waals surface area contributed by atoms with Crippen LogP contribution < -0.4 is 9.64 Å². The van der Waals surface area contributed by atoms with Gasteiger partial charge in [0.05, 0.1) is 17.8 Å². The number of para-hydroxylation sites is 3. The molecule has 0 aliphatic heterocycles. The smallest absolute Gasteiger partial charge is 0.232 e. The topological polar surface area (TPSA) is 55.6 Å². The lowest BCUT2D eigenvalue weighted by molar-refractivity contribution is -0.117. The van der Waals surface area contributed by atoms with E-state index < -0.39 is 0 Å². The third kappa shape index (κ3) is 3.58. The van der Waals surface area contributed by atoms with E-state index >= 15 is 0 Å². The van der Waals surface area contributed by atoms with Gasteiger partial charge in [0.1, 0.15) is 12.0 Å². The molecule has 0 aliphatic carbocycles. The van der Waals surface area contributed by atoms with Gasteiger partial charge in [0.25, 0.3) is 0 Å². The first-order valence-corrected chi connectivity index (χ1v) is 7.22. The van der Waals surface area contributed by atoms with Crippen molar-refractivity contribution < 1.29 is 14.1 Å². The van der Waals surface area contributed by atoms with Crippen LogP contribution >= 0.6 is 0 Å². The quantitative estimate of drug-likeness (QED) is 0.721. The molecule has 0 radical (unpaired) electrons. The summed E-state index contributed by atoms with van der Waals surface area (Å²) in [5, 5.41) is 3.77. The van der Waals surface area contributed by atoms with Crippen LogP contribution in [-0.2, 0) is 11.2 Å². The first-order chi connectivity index (χ1) is 11.2. The van der Waals surface area contributed by atoms with Crippen molar-refractivity contribution in [3.05, 3.63) is 72.6 Å². The van der Waals surface area contributed by atoms with Crippen LogP contribution in [0.5, 0.6) is 11.5 Å². The Hall–Kier alpha value is -3.08. The van der Waals surface area contributed by atoms with Gasteiger partial charge in [-0.1, -0.05) is 35.5 Å². The molecule has 0 spiro atoms. The molecule has 0 fully saturated rings. The van der Waals surface area contributed by atoms with Crippen molar-refractivity contribution >= 4 is 11.6 Å². The number of likely N-dealkylation sites (N-methyl/N-ethyl adjacent to an activating group) is 1. The summed E-state index contributed by atoms with van der Waals surface area (Å²) in [5.41, 5.74) is 1.30. The summed E-state index contributed by atoms with van der Waals surface area (Å²) in [6.45, 7) is 0. The van der Waals surface area contributed by atoms with Gasteiger partial charge in [-0.05, 0) is 24.3 Å². The van der Waals surface area contributed by atoms with E-state index in [1.807, 2.05) is 54.6 Å². The van der Waals surface area contributed by atoms with Gasteiger partial charge in [0, 0.05) is 13.1 Å². The Morgan fingerprint density at radius 3 is 2.57 bits per heavy atom. The highest BCUT2D eigenvalue weighted by Crippen LogP contribution is 2.31. The first kappa shape index (κ1) is 14.8. The number of nitrogens with zero attached hydrogens (tertiary/aromatic N) is 2. The normalized spacial score (nSPS) is 10.3. The highest BCUT2D eigenvalue weighted by atomic mass is 16.5. The second-order valence-electron chi connectivity index (χ2n) is 5.00. The number of hydrogen-bond donors (Lipinski definition) is 0. The Balaban J connectivity index is 1.80. The number of rotatable bonds is 5. The zero-order chi connectivity index (χ0) is 16.1. The Kier molecular flexibility index (Phi) is 4.38. The molecule has 116 valence electrons. The van der Waals surface area contributed by atoms with Crippen LogP contribution in [0.4, 0.5) is 5.69 Å². The van der Waals surface area contributed by atoms with Crippen molar-refractivity contribution in [2.24, 2.45) is 0 Å². The van der Waals surface area contributed by atoms with Crippen LogP contribution in [0.3, 0.4) is 0 Å². The molecule has 1 heterocycles. The van der Waals surface area contributed by atoms with Crippen LogP contribution in [-0.4, -0.2) is 18.1 Å². The zero-order valence-electron chi connectivity index (χ0n) is 12.7. The van der Waals surface area contributed by atoms with E-state index in [4.69, 9.17) is 9.26 Å². The standard InChI is InChI=1S/C18H16N2O3/c1-20(18(21)13-14-11-12-22-19-14)16-9-5-6-10-17(16)23-15-7-3-2-4-8-15/h2-12H,13H2,1H3. The predicted molar refractivity (Wildman–Crippen MR) is 86.6 cm³/mol. The molecular weight excluding hydrogens is 292 g/mol. The summed E-state index contributed by atoms with van der Waals surface area (Å²) >= 11 is 0. The Labute approximate surface area is 134 Å². The predicted octanol–water partition coefficient (Wildman–Crippen LogP) is 3.67. The lowest BCUT2D eigenvalue weighted by atomic mass is 10.2. The molecule has 0 atom stereocenters. The van der Waals surface area contributed by atoms with E-state index in [1.54, 1.807) is 18.0 Å². The number of hydrogen-bond acceptors (Lipinski definition) is 4. The molecule has 0 saturated heterocycles. The average Bonchev–Trinajstić information content (AvgIpc) is 3.08. The summed E-state index contributed by atoms with van der Waals surface area (Å²) in [4.78, 5) is 14.0. The summed E-state index contributed by atoms with van der Waals surface area (Å²) in [7, 11) is 1.72. The van der Waals surface area contributed by atoms with Gasteiger partial charge < -0.3 is 14.2 Å². The molecule has 2 aromatic carbocycles. The maximum Gasteiger partial charge on any atom is 0.232 e. The number of carbonyl (C=O) groups is 1. The molecule has 0 saturated carbocycles. The van der Waals surface area contributed by atoms with Crippen molar-refractivity contribution in [2.75, 3.05) is 11.9 Å². The molecule has 23 heavy (non-hydrogen) atoms. The van der Waals surface area contributed by atoms with Crippen molar-refractivity contribution in [3.63, 3.8) is 0 Å². The van der Waals surface area contributed by atoms with Crippen LogP contribution in [0.1, 0.15) is 5.69 Å². The van der Waals surface area contributed by atoms with E-state index in [2.05, 4.69) is 5.16 Å². The van der Waals surface area contributed by atoms with E-state index in [9.17, 15) is 4.79 Å². The third-order valence-corrected chi connectivity index (χ3v) is 3.40. The van der Waals surface area contributed by atoms with Crippen molar-refractivity contribution in [1.29, 1.82) is 0 Å². The van der Waals surface area contributed by atoms with E-state index in [1.165, 1.54) is 6.26 Å². The number of carbonyl (C=O) groups excluding carboxylic acids is 1. The minimum atomic E-state index is -0.0944. The molecule has 5 heteroatoms. The molecule has 0 bridgehead atoms. The van der Waals surface area contributed by atoms with E-state index in [-0.39, 0.29) is 12.3 Å². The molecule has 3 rings (SSSR count). The molecule has 1 aromatic heterocycles. The van der Waals surface area contributed by atoms with Crippen LogP contribution in [0.2, 0.25) is 0 Å². The van der Waals surface area contributed by atoms with Gasteiger partial charge in [-0.3, -0.25) is 4.79 Å². The van der Waals surface area contributed by atoms with Gasteiger partial charge >= 0.3 is 0 Å². The summed E-state index contributed by atoms with van der Waals surface area (Å²) in [6, 6.07) is 18.6. The molecule has 0 unspecified atom stereocenters. The number of aromatic nitrogens is 1. The van der Waals surface area contributed by atoms with Gasteiger partial charge in [0.15, 0.2) is 5.75 Å². The monoisotopic (exact) mass is 308 g/mol. The third-order valence-electron chi connectivity index (χ3n) is 3.40. The molecule has 0 aliphatic rings. The Bertz CT molecular complexity index is 770. The largest absolute Gasteiger partial charge is 0.455 e. The van der Waals surface area contributed by atoms with Crippen molar-refractivity contribution in [2.45, 2.75) is 6.42 Å². The Morgan fingerprint density at radius 2 is 1.83 bits per heavy atom. The molecule has 5 nitrogen and oxygen atoms in total. The molecular formula is C18H16N2O3. The van der Waals surface area contributed by atoms with Crippen LogP contribution in [0.15, 0.2) is 71.4 Å². The summed E-state index contributed by atoms with van der Waals surface area (Å²) in [5.74, 6) is 1.25. The molecule has 3 aromatic rings. The van der Waals surface area contributed by atoms with Gasteiger partial charge in [-0.15, -0.1) is 0 Å². The van der Waals surface area contributed by atoms with Gasteiger partial charge in [-0.25, -0.2) is 0 Å². The van der Waals surface area contributed by atoms with E-state index in [0.29, 0.717) is 17.1 Å². The number of benzene rings is 2.